The van der Waals surface area contributed by atoms with E-state index < -0.39 is 0 Å². The second-order valence-electron chi connectivity index (χ2n) is 7.47. The summed E-state index contributed by atoms with van der Waals surface area (Å²) in [6.07, 6.45) is 3.28. The first-order chi connectivity index (χ1) is 13.7. The third kappa shape index (κ3) is 4.07. The Bertz CT molecular complexity index is 858. The van der Waals surface area contributed by atoms with E-state index >= 15 is 0 Å². The molecule has 28 heavy (non-hydrogen) atoms. The molecule has 2 aliphatic heterocycles. The van der Waals surface area contributed by atoms with Crippen molar-refractivity contribution >= 4 is 17.2 Å². The van der Waals surface area contributed by atoms with E-state index in [0.29, 0.717) is 6.42 Å². The highest BCUT2D eigenvalue weighted by molar-refractivity contribution is 5.95. The first-order valence-electron chi connectivity index (χ1n) is 9.87. The first-order valence-corrected chi connectivity index (χ1v) is 9.87. The molecule has 0 aromatic heterocycles. The van der Waals surface area contributed by atoms with Crippen molar-refractivity contribution < 1.29 is 9.53 Å². The third-order valence-corrected chi connectivity index (χ3v) is 5.58. The molecule has 2 aromatic rings. The fourth-order valence-corrected chi connectivity index (χ4v) is 3.86. The van der Waals surface area contributed by atoms with Crippen LogP contribution in [0.15, 0.2) is 58.8 Å². The first kappa shape index (κ1) is 18.6. The largest absolute Gasteiger partial charge is 0.497 e. The molecule has 0 aliphatic carbocycles. The fraction of sp³-hybridized carbons (Fsp3) is 0.409. The number of methoxy groups -OCH3 is 1. The van der Waals surface area contributed by atoms with Gasteiger partial charge < -0.3 is 15.0 Å². The predicted molar refractivity (Wildman–Crippen MR) is 110 cm³/mol. The van der Waals surface area contributed by atoms with Crippen molar-refractivity contribution in [2.24, 2.45) is 10.2 Å². The van der Waals surface area contributed by atoms with Crippen LogP contribution in [0.4, 0.5) is 11.4 Å². The molecule has 2 aromatic carbocycles. The molecular weight excluding hydrogens is 352 g/mol. The third-order valence-electron chi connectivity index (χ3n) is 5.58. The molecule has 0 saturated carbocycles. The number of rotatable bonds is 6. The summed E-state index contributed by atoms with van der Waals surface area (Å²) < 4.78 is 5.32. The zero-order chi connectivity index (χ0) is 19.4. The number of hydrogen-bond acceptors (Lipinski definition) is 6. The van der Waals surface area contributed by atoms with Gasteiger partial charge in [0.05, 0.1) is 12.8 Å². The number of ether oxygens (including phenoxy) is 1. The van der Waals surface area contributed by atoms with E-state index in [0.717, 1.165) is 61.6 Å². The Morgan fingerprint density at radius 1 is 1.18 bits per heavy atom. The van der Waals surface area contributed by atoms with Gasteiger partial charge in [-0.05, 0) is 25.1 Å². The lowest BCUT2D eigenvalue weighted by molar-refractivity contribution is 0.0969. The Morgan fingerprint density at radius 2 is 1.96 bits per heavy atom. The molecule has 0 unspecified atom stereocenters. The number of carbonyl (C=O) groups is 1. The van der Waals surface area contributed by atoms with E-state index in [4.69, 9.17) is 4.74 Å². The lowest BCUT2D eigenvalue weighted by Gasteiger charge is -2.41. The standard InChI is InChI=1S/C22H26N4O2/c1-28-18-9-10-19-20(16-18)23-22(25-24-19)11-14-26(15-12-22)13-5-8-21(27)17-6-3-2-4-7-17/h2-4,6-7,9-10,16,23H,5,8,11-15H2,1H3. The highest BCUT2D eigenvalue weighted by Crippen LogP contribution is 2.40. The lowest BCUT2D eigenvalue weighted by Crippen LogP contribution is -2.48. The van der Waals surface area contributed by atoms with E-state index in [9.17, 15) is 4.79 Å². The van der Waals surface area contributed by atoms with Crippen LogP contribution in [0.2, 0.25) is 0 Å². The van der Waals surface area contributed by atoms with Gasteiger partial charge in [-0.15, -0.1) is 0 Å². The zero-order valence-electron chi connectivity index (χ0n) is 16.2. The summed E-state index contributed by atoms with van der Waals surface area (Å²) in [5, 5.41) is 12.6. The Morgan fingerprint density at radius 3 is 2.71 bits per heavy atom. The minimum absolute atomic E-state index is 0.224. The number of hydrogen-bond donors (Lipinski definition) is 1. The molecule has 4 rings (SSSR count). The van der Waals surface area contributed by atoms with Gasteiger partial charge in [0, 0.05) is 44.0 Å². The number of piperidine rings is 1. The lowest BCUT2D eigenvalue weighted by atomic mass is 9.96. The van der Waals surface area contributed by atoms with Crippen LogP contribution < -0.4 is 10.1 Å². The van der Waals surface area contributed by atoms with Crippen molar-refractivity contribution in [3.8, 4) is 5.75 Å². The van der Waals surface area contributed by atoms with Gasteiger partial charge in [-0.2, -0.15) is 10.2 Å². The van der Waals surface area contributed by atoms with Gasteiger partial charge in [-0.25, -0.2) is 0 Å². The smallest absolute Gasteiger partial charge is 0.162 e. The molecule has 6 nitrogen and oxygen atoms in total. The molecule has 1 fully saturated rings. The van der Waals surface area contributed by atoms with Gasteiger partial charge >= 0.3 is 0 Å². The van der Waals surface area contributed by atoms with Crippen molar-refractivity contribution in [1.82, 2.24) is 4.90 Å². The number of fused-ring (bicyclic) bond motifs is 1. The van der Waals surface area contributed by atoms with Gasteiger partial charge in [-0.1, -0.05) is 30.3 Å². The second-order valence-corrected chi connectivity index (χ2v) is 7.47. The molecule has 0 radical (unpaired) electrons. The summed E-state index contributed by atoms with van der Waals surface area (Å²) in [4.78, 5) is 14.7. The number of nitrogens with one attached hydrogen (secondary N) is 1. The Kier molecular flexibility index (Phi) is 5.39. The van der Waals surface area contributed by atoms with Crippen LogP contribution in [-0.4, -0.2) is 43.1 Å². The summed E-state index contributed by atoms with van der Waals surface area (Å²) >= 11 is 0. The van der Waals surface area contributed by atoms with E-state index in [1.807, 2.05) is 48.5 Å². The predicted octanol–water partition coefficient (Wildman–Crippen LogP) is 4.66. The van der Waals surface area contributed by atoms with Crippen LogP contribution >= 0.6 is 0 Å². The number of nitrogens with zero attached hydrogens (tertiary/aromatic N) is 3. The highest BCUT2D eigenvalue weighted by Gasteiger charge is 2.37. The number of likely N-dealkylation sites (tertiary alicyclic amines) is 1. The number of anilines is 1. The number of carbonyl (C=O) groups excluding carboxylic acids is 1. The van der Waals surface area contributed by atoms with Crippen molar-refractivity contribution in [2.75, 3.05) is 32.1 Å². The maximum Gasteiger partial charge on any atom is 0.162 e. The van der Waals surface area contributed by atoms with E-state index in [-0.39, 0.29) is 11.4 Å². The van der Waals surface area contributed by atoms with Crippen LogP contribution in [0, 0.1) is 0 Å². The minimum Gasteiger partial charge on any atom is -0.497 e. The highest BCUT2D eigenvalue weighted by atomic mass is 16.5. The molecule has 1 saturated heterocycles. The quantitative estimate of drug-likeness (QED) is 0.743. The van der Waals surface area contributed by atoms with Gasteiger partial charge in [0.15, 0.2) is 11.4 Å². The fourth-order valence-electron chi connectivity index (χ4n) is 3.86. The topological polar surface area (TPSA) is 66.3 Å². The van der Waals surface area contributed by atoms with E-state index in [2.05, 4.69) is 20.4 Å². The summed E-state index contributed by atoms with van der Waals surface area (Å²) in [6, 6.07) is 15.3. The van der Waals surface area contributed by atoms with Gasteiger partial charge in [0.1, 0.15) is 11.4 Å². The van der Waals surface area contributed by atoms with Crippen LogP contribution in [-0.2, 0) is 0 Å². The molecule has 146 valence electrons. The summed E-state index contributed by atoms with van der Waals surface area (Å²) in [6.45, 7) is 2.84. The molecule has 1 spiro atoms. The van der Waals surface area contributed by atoms with Gasteiger partial charge in [0.2, 0.25) is 0 Å². The molecule has 0 atom stereocenters. The average Bonchev–Trinajstić information content (AvgIpc) is 2.75. The number of ketones is 1. The molecule has 0 bridgehead atoms. The number of azo groups is 1. The normalized spacial score (nSPS) is 17.8. The van der Waals surface area contributed by atoms with Gasteiger partial charge in [0.25, 0.3) is 0 Å². The van der Waals surface area contributed by atoms with Crippen molar-refractivity contribution in [2.45, 2.75) is 31.3 Å². The molecule has 2 heterocycles. The summed E-state index contributed by atoms with van der Waals surface area (Å²) in [5.41, 5.74) is 2.32. The average molecular weight is 378 g/mol. The van der Waals surface area contributed by atoms with Crippen LogP contribution in [0.1, 0.15) is 36.0 Å². The maximum absolute atomic E-state index is 12.2. The van der Waals surface area contributed by atoms with Crippen LogP contribution in [0.5, 0.6) is 5.75 Å². The maximum atomic E-state index is 12.2. The Balaban J connectivity index is 1.27. The number of benzene rings is 2. The summed E-state index contributed by atoms with van der Waals surface area (Å²) in [5.74, 6) is 1.04. The van der Waals surface area contributed by atoms with Crippen LogP contribution in [0.25, 0.3) is 0 Å². The minimum atomic E-state index is -0.324. The van der Waals surface area contributed by atoms with Gasteiger partial charge in [-0.3, -0.25) is 4.79 Å². The molecule has 0 amide bonds. The Labute approximate surface area is 165 Å². The molecular formula is C22H26N4O2. The zero-order valence-corrected chi connectivity index (χ0v) is 16.2. The van der Waals surface area contributed by atoms with Crippen molar-refractivity contribution in [3.63, 3.8) is 0 Å². The SMILES string of the molecule is COc1ccc2c(c1)NC1(CCN(CCCC(=O)c3ccccc3)CC1)N=N2. The van der Waals surface area contributed by atoms with Crippen molar-refractivity contribution in [1.29, 1.82) is 0 Å². The molecule has 1 N–H and O–H groups in total. The molecule has 2 aliphatic rings. The number of Topliss-reactive ketones (excluding diaryl/α,β-unsaturated/α-hetero) is 1. The van der Waals surface area contributed by atoms with E-state index in [1.165, 1.54) is 0 Å². The monoisotopic (exact) mass is 378 g/mol. The summed E-state index contributed by atoms with van der Waals surface area (Å²) in [7, 11) is 1.67. The van der Waals surface area contributed by atoms with Crippen molar-refractivity contribution in [3.05, 3.63) is 54.1 Å². The van der Waals surface area contributed by atoms with Crippen LogP contribution in [0.3, 0.4) is 0 Å². The van der Waals surface area contributed by atoms with E-state index in [1.54, 1.807) is 7.11 Å². The Hall–Kier alpha value is -2.73. The second kappa shape index (κ2) is 8.10. The molecule has 6 heteroatoms.